The number of rotatable bonds is 2. The molecule has 0 amide bonds. The lowest BCUT2D eigenvalue weighted by Gasteiger charge is -2.27. The van der Waals surface area contributed by atoms with Crippen LogP contribution in [0.2, 0.25) is 0 Å². The number of hydrogen-bond acceptors (Lipinski definition) is 3. The predicted octanol–water partition coefficient (Wildman–Crippen LogP) is 2.53. The van der Waals surface area contributed by atoms with Gasteiger partial charge in [-0.1, -0.05) is 0 Å². The molecule has 0 aliphatic heterocycles. The van der Waals surface area contributed by atoms with Gasteiger partial charge in [-0.3, -0.25) is 0 Å². The van der Waals surface area contributed by atoms with E-state index in [1.807, 2.05) is 18.3 Å². The Morgan fingerprint density at radius 2 is 2.00 bits per heavy atom. The van der Waals surface area contributed by atoms with Crippen molar-refractivity contribution in [3.8, 4) is 0 Å². The quantitative estimate of drug-likeness (QED) is 0.812. The van der Waals surface area contributed by atoms with Crippen LogP contribution in [0.1, 0.15) is 25.7 Å². The summed E-state index contributed by atoms with van der Waals surface area (Å²) in [7, 11) is 0. The summed E-state index contributed by atoms with van der Waals surface area (Å²) in [5.41, 5.74) is 6.96. The van der Waals surface area contributed by atoms with E-state index in [1.165, 1.54) is 0 Å². The van der Waals surface area contributed by atoms with Gasteiger partial charge in [-0.2, -0.15) is 0 Å². The second-order valence-corrected chi connectivity index (χ2v) is 4.94. The summed E-state index contributed by atoms with van der Waals surface area (Å²) >= 11 is 3.32. The Morgan fingerprint density at radius 1 is 1.27 bits per heavy atom. The summed E-state index contributed by atoms with van der Waals surface area (Å²) in [4.78, 5) is 4.19. The topological polar surface area (TPSA) is 50.9 Å². The Labute approximate surface area is 98.6 Å². The third-order valence-corrected chi connectivity index (χ3v) is 3.34. The van der Waals surface area contributed by atoms with E-state index in [2.05, 4.69) is 26.2 Å². The highest BCUT2D eigenvalue weighted by Gasteiger charge is 2.17. The van der Waals surface area contributed by atoms with Crippen LogP contribution >= 0.6 is 15.9 Å². The van der Waals surface area contributed by atoms with Crippen LogP contribution in [-0.4, -0.2) is 17.1 Å². The molecule has 1 aromatic heterocycles. The van der Waals surface area contributed by atoms with E-state index in [0.717, 1.165) is 36.0 Å². The molecule has 1 fully saturated rings. The molecule has 0 saturated heterocycles. The van der Waals surface area contributed by atoms with Gasteiger partial charge in [-0.15, -0.1) is 0 Å². The molecule has 0 aromatic carbocycles. The molecule has 0 spiro atoms. The molecule has 82 valence electrons. The molecular formula is C11H16BrN3. The molecule has 15 heavy (non-hydrogen) atoms. The third-order valence-electron chi connectivity index (χ3n) is 2.87. The average Bonchev–Trinajstić information content (AvgIpc) is 2.25. The zero-order valence-corrected chi connectivity index (χ0v) is 10.2. The summed E-state index contributed by atoms with van der Waals surface area (Å²) in [6.45, 7) is 0. The zero-order chi connectivity index (χ0) is 10.7. The minimum absolute atomic E-state index is 0.408. The lowest BCUT2D eigenvalue weighted by molar-refractivity contribution is 0.411. The fourth-order valence-corrected chi connectivity index (χ4v) is 2.19. The Balaban J connectivity index is 1.89. The van der Waals surface area contributed by atoms with Gasteiger partial charge in [0.2, 0.25) is 0 Å². The van der Waals surface area contributed by atoms with E-state index in [4.69, 9.17) is 5.73 Å². The van der Waals surface area contributed by atoms with Crippen molar-refractivity contribution in [2.75, 3.05) is 5.32 Å². The second kappa shape index (κ2) is 4.94. The molecule has 0 atom stereocenters. The maximum atomic E-state index is 5.86. The molecule has 1 saturated carbocycles. The molecule has 1 aliphatic rings. The first kappa shape index (κ1) is 10.9. The number of halogens is 1. The third kappa shape index (κ3) is 3.18. The van der Waals surface area contributed by atoms with E-state index < -0.39 is 0 Å². The van der Waals surface area contributed by atoms with Crippen molar-refractivity contribution in [3.05, 3.63) is 22.9 Å². The van der Waals surface area contributed by atoms with Crippen molar-refractivity contribution in [2.24, 2.45) is 5.73 Å². The number of nitrogens with two attached hydrogens (primary N) is 1. The highest BCUT2D eigenvalue weighted by molar-refractivity contribution is 9.10. The number of aromatic nitrogens is 1. The minimum Gasteiger partial charge on any atom is -0.381 e. The largest absolute Gasteiger partial charge is 0.381 e. The van der Waals surface area contributed by atoms with Gasteiger partial charge in [0.1, 0.15) is 4.60 Å². The minimum atomic E-state index is 0.408. The Kier molecular flexibility index (Phi) is 3.59. The Hall–Kier alpha value is -0.610. The van der Waals surface area contributed by atoms with Gasteiger partial charge in [-0.05, 0) is 53.7 Å². The van der Waals surface area contributed by atoms with E-state index in [9.17, 15) is 0 Å². The van der Waals surface area contributed by atoms with Gasteiger partial charge in [0.25, 0.3) is 0 Å². The second-order valence-electron chi connectivity index (χ2n) is 4.13. The van der Waals surface area contributed by atoms with Crippen LogP contribution < -0.4 is 11.1 Å². The molecule has 2 rings (SSSR count). The van der Waals surface area contributed by atoms with Gasteiger partial charge in [0.15, 0.2) is 0 Å². The van der Waals surface area contributed by atoms with Crippen molar-refractivity contribution in [1.29, 1.82) is 0 Å². The maximum Gasteiger partial charge on any atom is 0.106 e. The molecule has 4 heteroatoms. The lowest BCUT2D eigenvalue weighted by Crippen LogP contribution is -2.32. The van der Waals surface area contributed by atoms with Crippen molar-refractivity contribution in [3.63, 3.8) is 0 Å². The molecule has 1 aliphatic carbocycles. The van der Waals surface area contributed by atoms with Crippen molar-refractivity contribution >= 4 is 21.6 Å². The normalized spacial score (nSPS) is 26.3. The van der Waals surface area contributed by atoms with Gasteiger partial charge < -0.3 is 11.1 Å². The van der Waals surface area contributed by atoms with Gasteiger partial charge in [-0.25, -0.2) is 4.98 Å². The van der Waals surface area contributed by atoms with E-state index in [-0.39, 0.29) is 0 Å². The fourth-order valence-electron chi connectivity index (χ4n) is 1.96. The average molecular weight is 270 g/mol. The van der Waals surface area contributed by atoms with Crippen molar-refractivity contribution in [2.45, 2.75) is 37.8 Å². The van der Waals surface area contributed by atoms with Crippen LogP contribution in [0.25, 0.3) is 0 Å². The fraction of sp³-hybridized carbons (Fsp3) is 0.545. The van der Waals surface area contributed by atoms with E-state index in [1.54, 1.807) is 0 Å². The van der Waals surface area contributed by atoms with Gasteiger partial charge in [0, 0.05) is 12.1 Å². The number of nitrogens with zero attached hydrogens (tertiary/aromatic N) is 1. The zero-order valence-electron chi connectivity index (χ0n) is 8.62. The van der Waals surface area contributed by atoms with Crippen LogP contribution in [0.4, 0.5) is 5.69 Å². The molecule has 0 radical (unpaired) electrons. The monoisotopic (exact) mass is 269 g/mol. The summed E-state index contributed by atoms with van der Waals surface area (Å²) < 4.78 is 0.874. The standard InChI is InChI=1S/C11H16BrN3/c12-11-6-5-10(7-14-11)15-9-3-1-8(13)2-4-9/h5-9,15H,1-4,13H2. The molecule has 3 nitrogen and oxygen atoms in total. The molecule has 1 heterocycles. The first-order valence-electron chi connectivity index (χ1n) is 5.38. The van der Waals surface area contributed by atoms with Crippen molar-refractivity contribution in [1.82, 2.24) is 4.98 Å². The first-order chi connectivity index (χ1) is 7.24. The van der Waals surface area contributed by atoms with Gasteiger partial charge >= 0.3 is 0 Å². The van der Waals surface area contributed by atoms with Crippen LogP contribution in [0.3, 0.4) is 0 Å². The van der Waals surface area contributed by atoms with Gasteiger partial charge in [0.05, 0.1) is 11.9 Å². The molecule has 0 bridgehead atoms. The first-order valence-corrected chi connectivity index (χ1v) is 6.17. The van der Waals surface area contributed by atoms with E-state index in [0.29, 0.717) is 12.1 Å². The number of pyridine rings is 1. The summed E-state index contributed by atoms with van der Waals surface area (Å²) in [6.07, 6.45) is 6.44. The molecule has 1 aromatic rings. The number of nitrogens with one attached hydrogen (secondary N) is 1. The maximum absolute atomic E-state index is 5.86. The van der Waals surface area contributed by atoms with Crippen LogP contribution in [0, 0.1) is 0 Å². The SMILES string of the molecule is NC1CCC(Nc2ccc(Br)nc2)CC1. The molecule has 0 unspecified atom stereocenters. The highest BCUT2D eigenvalue weighted by Crippen LogP contribution is 2.21. The van der Waals surface area contributed by atoms with E-state index >= 15 is 0 Å². The molecule has 3 N–H and O–H groups in total. The Bertz CT molecular complexity index is 304. The summed E-state index contributed by atoms with van der Waals surface area (Å²) in [6, 6.07) is 4.97. The Morgan fingerprint density at radius 3 is 2.60 bits per heavy atom. The summed E-state index contributed by atoms with van der Waals surface area (Å²) in [5, 5.41) is 3.49. The highest BCUT2D eigenvalue weighted by atomic mass is 79.9. The van der Waals surface area contributed by atoms with Crippen LogP contribution in [0.15, 0.2) is 22.9 Å². The smallest absolute Gasteiger partial charge is 0.106 e. The number of hydrogen-bond donors (Lipinski definition) is 2. The van der Waals surface area contributed by atoms with Crippen LogP contribution in [0.5, 0.6) is 0 Å². The summed E-state index contributed by atoms with van der Waals surface area (Å²) in [5.74, 6) is 0. The number of anilines is 1. The lowest BCUT2D eigenvalue weighted by atomic mass is 9.92. The predicted molar refractivity (Wildman–Crippen MR) is 65.8 cm³/mol. The van der Waals surface area contributed by atoms with Crippen LogP contribution in [-0.2, 0) is 0 Å². The van der Waals surface area contributed by atoms with Crippen molar-refractivity contribution < 1.29 is 0 Å². The molecular weight excluding hydrogens is 254 g/mol.